The lowest BCUT2D eigenvalue weighted by Gasteiger charge is -2.41. The predicted molar refractivity (Wildman–Crippen MR) is 94.2 cm³/mol. The highest BCUT2D eigenvalue weighted by atomic mass is 32.2. The Balaban J connectivity index is 2.02. The highest BCUT2D eigenvalue weighted by Crippen LogP contribution is 2.37. The van der Waals surface area contributed by atoms with E-state index in [2.05, 4.69) is 36.1 Å². The van der Waals surface area contributed by atoms with Crippen molar-refractivity contribution in [1.82, 2.24) is 4.90 Å². The maximum absolute atomic E-state index is 12.0. The van der Waals surface area contributed by atoms with Gasteiger partial charge >= 0.3 is 0 Å². The summed E-state index contributed by atoms with van der Waals surface area (Å²) in [6, 6.07) is 20.7. The quantitative estimate of drug-likeness (QED) is 0.864. The van der Waals surface area contributed by atoms with Crippen LogP contribution in [0.15, 0.2) is 60.7 Å². The van der Waals surface area contributed by atoms with Gasteiger partial charge in [-0.25, -0.2) is 8.42 Å². The molecule has 0 radical (unpaired) electrons. The van der Waals surface area contributed by atoms with Gasteiger partial charge in [-0.2, -0.15) is 0 Å². The minimum Gasteiger partial charge on any atom is -0.289 e. The first kappa shape index (κ1) is 16.2. The summed E-state index contributed by atoms with van der Waals surface area (Å²) in [5, 5.41) is 0. The SMILES string of the molecule is CN(C(c1ccccc1)c1ccccc1)[C@]1(C)CCS(=O)(=O)C1. The third kappa shape index (κ3) is 3.33. The van der Waals surface area contributed by atoms with Gasteiger partial charge in [-0.3, -0.25) is 4.90 Å². The highest BCUT2D eigenvalue weighted by Gasteiger charge is 2.44. The van der Waals surface area contributed by atoms with E-state index in [1.54, 1.807) is 0 Å². The Morgan fingerprint density at radius 3 is 1.83 bits per heavy atom. The maximum atomic E-state index is 12.0. The Morgan fingerprint density at radius 1 is 0.957 bits per heavy atom. The van der Waals surface area contributed by atoms with Crippen molar-refractivity contribution < 1.29 is 8.42 Å². The van der Waals surface area contributed by atoms with E-state index in [9.17, 15) is 8.42 Å². The summed E-state index contributed by atoms with van der Waals surface area (Å²) < 4.78 is 24.0. The van der Waals surface area contributed by atoms with Crippen LogP contribution in [0.4, 0.5) is 0 Å². The number of benzene rings is 2. The second-order valence-electron chi connectivity index (χ2n) is 6.67. The first-order valence-electron chi connectivity index (χ1n) is 7.95. The zero-order valence-electron chi connectivity index (χ0n) is 13.6. The molecule has 1 saturated heterocycles. The molecule has 0 amide bonds. The van der Waals surface area contributed by atoms with Gasteiger partial charge in [0.15, 0.2) is 9.84 Å². The van der Waals surface area contributed by atoms with Crippen LogP contribution in [-0.2, 0) is 9.84 Å². The Kier molecular flexibility index (Phi) is 4.30. The van der Waals surface area contributed by atoms with Crippen LogP contribution in [0.1, 0.15) is 30.5 Å². The minimum atomic E-state index is -2.94. The van der Waals surface area contributed by atoms with Crippen molar-refractivity contribution in [1.29, 1.82) is 0 Å². The van der Waals surface area contributed by atoms with Crippen molar-refractivity contribution >= 4 is 9.84 Å². The number of nitrogens with zero attached hydrogens (tertiary/aromatic N) is 1. The summed E-state index contributed by atoms with van der Waals surface area (Å²) in [6.45, 7) is 2.07. The summed E-state index contributed by atoms with van der Waals surface area (Å²) in [5.41, 5.74) is 2.04. The van der Waals surface area contributed by atoms with E-state index in [4.69, 9.17) is 0 Å². The van der Waals surface area contributed by atoms with E-state index in [-0.39, 0.29) is 23.1 Å². The molecule has 3 rings (SSSR count). The van der Waals surface area contributed by atoms with Gasteiger partial charge in [0.25, 0.3) is 0 Å². The molecule has 122 valence electrons. The predicted octanol–water partition coefficient (Wildman–Crippen LogP) is 3.29. The molecule has 3 nitrogen and oxygen atoms in total. The molecule has 0 spiro atoms. The summed E-state index contributed by atoms with van der Waals surface area (Å²) in [6.07, 6.45) is 0.683. The van der Waals surface area contributed by atoms with Gasteiger partial charge in [0.05, 0.1) is 17.5 Å². The highest BCUT2D eigenvalue weighted by molar-refractivity contribution is 7.91. The molecule has 0 aromatic heterocycles. The number of hydrogen-bond acceptors (Lipinski definition) is 3. The monoisotopic (exact) mass is 329 g/mol. The summed E-state index contributed by atoms with van der Waals surface area (Å²) >= 11 is 0. The fourth-order valence-electron chi connectivity index (χ4n) is 3.49. The second-order valence-corrected chi connectivity index (χ2v) is 8.86. The first-order chi connectivity index (χ1) is 10.9. The molecule has 2 aromatic rings. The standard InChI is InChI=1S/C19H23NO2S/c1-19(13-14-23(21,22)15-19)20(2)18(16-9-5-3-6-10-16)17-11-7-4-8-12-17/h3-12,18H,13-15H2,1-2H3/t19-/m1/s1. The van der Waals surface area contributed by atoms with Crippen molar-refractivity contribution in [2.24, 2.45) is 0 Å². The fourth-order valence-corrected chi connectivity index (χ4v) is 5.68. The number of hydrogen-bond donors (Lipinski definition) is 0. The molecule has 0 saturated carbocycles. The fraction of sp³-hybridized carbons (Fsp3) is 0.368. The molecule has 1 aliphatic rings. The van der Waals surface area contributed by atoms with Gasteiger partial charge in [-0.05, 0) is 31.5 Å². The normalized spacial score (nSPS) is 23.5. The van der Waals surface area contributed by atoms with Crippen LogP contribution in [0.3, 0.4) is 0 Å². The Hall–Kier alpha value is -1.65. The van der Waals surface area contributed by atoms with Crippen LogP contribution in [0.2, 0.25) is 0 Å². The first-order valence-corrected chi connectivity index (χ1v) is 9.77. The maximum Gasteiger partial charge on any atom is 0.152 e. The zero-order valence-corrected chi connectivity index (χ0v) is 14.5. The van der Waals surface area contributed by atoms with Crippen molar-refractivity contribution in [2.75, 3.05) is 18.6 Å². The van der Waals surface area contributed by atoms with Crippen molar-refractivity contribution in [3.05, 3.63) is 71.8 Å². The Morgan fingerprint density at radius 2 is 1.43 bits per heavy atom. The third-order valence-corrected chi connectivity index (χ3v) is 6.84. The second kappa shape index (κ2) is 6.10. The lowest BCUT2D eigenvalue weighted by atomic mass is 9.91. The van der Waals surface area contributed by atoms with Crippen molar-refractivity contribution in [3.8, 4) is 0 Å². The van der Waals surface area contributed by atoms with Crippen molar-refractivity contribution in [2.45, 2.75) is 24.9 Å². The van der Waals surface area contributed by atoms with Gasteiger partial charge in [0.1, 0.15) is 0 Å². The summed E-state index contributed by atoms with van der Waals surface area (Å²) in [4.78, 5) is 2.24. The van der Waals surface area contributed by atoms with Crippen LogP contribution < -0.4 is 0 Å². The van der Waals surface area contributed by atoms with Gasteiger partial charge in [-0.15, -0.1) is 0 Å². The summed E-state index contributed by atoms with van der Waals surface area (Å²) in [5.74, 6) is 0.511. The van der Waals surface area contributed by atoms with Crippen LogP contribution in [0, 0.1) is 0 Å². The average molecular weight is 329 g/mol. The molecule has 0 aliphatic carbocycles. The third-order valence-electron chi connectivity index (χ3n) is 4.95. The van der Waals surface area contributed by atoms with Crippen molar-refractivity contribution in [3.63, 3.8) is 0 Å². The van der Waals surface area contributed by atoms with E-state index in [1.165, 1.54) is 11.1 Å². The van der Waals surface area contributed by atoms with E-state index >= 15 is 0 Å². The zero-order chi connectivity index (χ0) is 16.5. The molecular formula is C19H23NO2S. The van der Waals surface area contributed by atoms with Gasteiger partial charge in [0.2, 0.25) is 0 Å². The number of rotatable bonds is 4. The van der Waals surface area contributed by atoms with Crippen LogP contribution in [0.25, 0.3) is 0 Å². The van der Waals surface area contributed by atoms with Crippen LogP contribution >= 0.6 is 0 Å². The molecule has 1 atom stereocenters. The minimum absolute atomic E-state index is 0.0516. The van der Waals surface area contributed by atoms with Crippen LogP contribution in [-0.4, -0.2) is 37.4 Å². The lowest BCUT2D eigenvalue weighted by molar-refractivity contribution is 0.126. The lowest BCUT2D eigenvalue weighted by Crippen LogP contribution is -2.47. The van der Waals surface area contributed by atoms with E-state index in [0.29, 0.717) is 6.42 Å². The molecule has 23 heavy (non-hydrogen) atoms. The van der Waals surface area contributed by atoms with Gasteiger partial charge in [-0.1, -0.05) is 60.7 Å². The van der Waals surface area contributed by atoms with Gasteiger partial charge in [0, 0.05) is 5.54 Å². The van der Waals surface area contributed by atoms with E-state index in [0.717, 1.165) is 0 Å². The Labute approximate surface area is 138 Å². The molecule has 1 heterocycles. The topological polar surface area (TPSA) is 37.4 Å². The molecule has 0 N–H and O–H groups in total. The molecule has 1 aliphatic heterocycles. The Bertz CT molecular complexity index is 719. The molecule has 4 heteroatoms. The van der Waals surface area contributed by atoms with Gasteiger partial charge < -0.3 is 0 Å². The van der Waals surface area contributed by atoms with E-state index in [1.807, 2.05) is 43.4 Å². The molecular weight excluding hydrogens is 306 g/mol. The molecule has 0 bridgehead atoms. The largest absolute Gasteiger partial charge is 0.289 e. The van der Waals surface area contributed by atoms with E-state index < -0.39 is 9.84 Å². The molecule has 1 fully saturated rings. The molecule has 2 aromatic carbocycles. The number of sulfone groups is 1. The van der Waals surface area contributed by atoms with Crippen LogP contribution in [0.5, 0.6) is 0 Å². The smallest absolute Gasteiger partial charge is 0.152 e. The average Bonchev–Trinajstić information content (AvgIpc) is 2.84. The summed E-state index contributed by atoms with van der Waals surface area (Å²) in [7, 11) is -0.891. The molecule has 0 unspecified atom stereocenters.